The first-order valence-corrected chi connectivity index (χ1v) is 5.33. The van der Waals surface area contributed by atoms with E-state index in [2.05, 4.69) is 11.2 Å². The first-order valence-electron chi connectivity index (χ1n) is 5.33. The number of benzene rings is 1. The Labute approximate surface area is 95.8 Å². The average molecular weight is 221 g/mol. The molecule has 1 aromatic carbocycles. The van der Waals surface area contributed by atoms with Gasteiger partial charge in [-0.3, -0.25) is 0 Å². The lowest BCUT2D eigenvalue weighted by Gasteiger charge is -2.11. The molecule has 0 aliphatic carbocycles. The Balaban J connectivity index is 2.69. The van der Waals surface area contributed by atoms with E-state index in [1.54, 1.807) is 6.07 Å². The highest BCUT2D eigenvalue weighted by Crippen LogP contribution is 2.19. The molecule has 0 radical (unpaired) electrons. The molecule has 0 fully saturated rings. The summed E-state index contributed by atoms with van der Waals surface area (Å²) in [6.45, 7) is 3.89. The zero-order valence-corrected chi connectivity index (χ0v) is 9.42. The van der Waals surface area contributed by atoms with E-state index in [9.17, 15) is 4.39 Å². The molecule has 3 heteroatoms. The van der Waals surface area contributed by atoms with Crippen LogP contribution in [-0.4, -0.2) is 13.2 Å². The van der Waals surface area contributed by atoms with E-state index in [1.807, 2.05) is 6.92 Å². The summed E-state index contributed by atoms with van der Waals surface area (Å²) in [5, 5.41) is 3.14. The monoisotopic (exact) mass is 221 g/mol. The van der Waals surface area contributed by atoms with Crippen molar-refractivity contribution in [1.29, 1.82) is 0 Å². The van der Waals surface area contributed by atoms with Crippen LogP contribution in [0.15, 0.2) is 18.2 Å². The highest BCUT2D eigenvalue weighted by atomic mass is 19.1. The van der Waals surface area contributed by atoms with Gasteiger partial charge >= 0.3 is 0 Å². The highest BCUT2D eigenvalue weighted by Gasteiger charge is 2.04. The smallest absolute Gasteiger partial charge is 0.124 e. The second kappa shape index (κ2) is 6.86. The molecule has 0 saturated carbocycles. The minimum absolute atomic E-state index is 0.253. The molecule has 1 rings (SSSR count). The first-order chi connectivity index (χ1) is 7.77. The predicted octanol–water partition coefficient (Wildman–Crippen LogP) is 2.34. The third kappa shape index (κ3) is 3.92. The van der Waals surface area contributed by atoms with Crippen molar-refractivity contribution in [2.75, 3.05) is 13.2 Å². The minimum atomic E-state index is -0.253. The number of halogens is 1. The quantitative estimate of drug-likeness (QED) is 0.588. The molecule has 86 valence electrons. The minimum Gasteiger partial charge on any atom is -0.492 e. The molecular weight excluding hydrogens is 205 g/mol. The SMILES string of the molecule is C#CCCOc1ccc(F)cc1CNCC. The highest BCUT2D eigenvalue weighted by molar-refractivity contribution is 5.33. The first kappa shape index (κ1) is 12.5. The summed E-state index contributed by atoms with van der Waals surface area (Å²) in [5.74, 6) is 2.94. The fourth-order valence-corrected chi connectivity index (χ4v) is 1.31. The van der Waals surface area contributed by atoms with Crippen LogP contribution in [0.5, 0.6) is 5.75 Å². The van der Waals surface area contributed by atoms with E-state index in [-0.39, 0.29) is 5.82 Å². The van der Waals surface area contributed by atoms with E-state index < -0.39 is 0 Å². The zero-order valence-electron chi connectivity index (χ0n) is 9.42. The van der Waals surface area contributed by atoms with Crippen LogP contribution in [0.3, 0.4) is 0 Å². The number of hydrogen-bond acceptors (Lipinski definition) is 2. The Kier molecular flexibility index (Phi) is 5.38. The standard InChI is InChI=1S/C13H16FNO/c1-3-5-8-16-13-7-6-12(14)9-11(13)10-15-4-2/h1,6-7,9,15H,4-5,8,10H2,2H3. The van der Waals surface area contributed by atoms with Crippen molar-refractivity contribution in [1.82, 2.24) is 5.32 Å². The van der Waals surface area contributed by atoms with Gasteiger partial charge in [0.1, 0.15) is 11.6 Å². The largest absolute Gasteiger partial charge is 0.492 e. The topological polar surface area (TPSA) is 21.3 Å². The molecule has 0 aliphatic heterocycles. The molecule has 0 amide bonds. The third-order valence-corrected chi connectivity index (χ3v) is 2.09. The van der Waals surface area contributed by atoms with Gasteiger partial charge in [-0.05, 0) is 24.7 Å². The van der Waals surface area contributed by atoms with Gasteiger partial charge in [0.25, 0.3) is 0 Å². The van der Waals surface area contributed by atoms with Crippen molar-refractivity contribution in [3.05, 3.63) is 29.6 Å². The zero-order chi connectivity index (χ0) is 11.8. The van der Waals surface area contributed by atoms with Crippen LogP contribution in [0.1, 0.15) is 18.9 Å². The molecule has 2 nitrogen and oxygen atoms in total. The molecule has 1 aromatic rings. The maximum atomic E-state index is 13.0. The Bertz CT molecular complexity index is 371. The average Bonchev–Trinajstić information content (AvgIpc) is 2.29. The van der Waals surface area contributed by atoms with Crippen LogP contribution in [0, 0.1) is 18.2 Å². The van der Waals surface area contributed by atoms with Gasteiger partial charge in [-0.1, -0.05) is 6.92 Å². The number of nitrogens with one attached hydrogen (secondary N) is 1. The number of ether oxygens (including phenoxy) is 1. The Morgan fingerprint density at radius 2 is 2.31 bits per heavy atom. The van der Waals surface area contributed by atoms with E-state index in [4.69, 9.17) is 11.2 Å². The van der Waals surface area contributed by atoms with Gasteiger partial charge in [0.05, 0.1) is 6.61 Å². The summed E-state index contributed by atoms with van der Waals surface area (Å²) in [6.07, 6.45) is 5.69. The van der Waals surface area contributed by atoms with Gasteiger partial charge in [-0.15, -0.1) is 12.3 Å². The second-order valence-corrected chi connectivity index (χ2v) is 3.33. The van der Waals surface area contributed by atoms with E-state index in [0.29, 0.717) is 25.3 Å². The van der Waals surface area contributed by atoms with Crippen LogP contribution in [0.4, 0.5) is 4.39 Å². The Hall–Kier alpha value is -1.53. The van der Waals surface area contributed by atoms with Crippen LogP contribution >= 0.6 is 0 Å². The molecule has 0 spiro atoms. The van der Waals surface area contributed by atoms with Gasteiger partial charge in [-0.25, -0.2) is 4.39 Å². The number of rotatable bonds is 6. The van der Waals surface area contributed by atoms with Crippen molar-refractivity contribution >= 4 is 0 Å². The summed E-state index contributed by atoms with van der Waals surface area (Å²) in [4.78, 5) is 0. The number of hydrogen-bond donors (Lipinski definition) is 1. The lowest BCUT2D eigenvalue weighted by molar-refractivity contribution is 0.322. The summed E-state index contributed by atoms with van der Waals surface area (Å²) < 4.78 is 18.5. The molecule has 0 aliphatic rings. The lowest BCUT2D eigenvalue weighted by Crippen LogP contribution is -2.13. The molecular formula is C13H16FNO. The Morgan fingerprint density at radius 1 is 1.50 bits per heavy atom. The van der Waals surface area contributed by atoms with Crippen LogP contribution in [0.25, 0.3) is 0 Å². The van der Waals surface area contributed by atoms with Gasteiger partial charge in [0, 0.05) is 18.5 Å². The molecule has 16 heavy (non-hydrogen) atoms. The normalized spacial score (nSPS) is 9.81. The van der Waals surface area contributed by atoms with Crippen LogP contribution in [0.2, 0.25) is 0 Å². The maximum absolute atomic E-state index is 13.0. The van der Waals surface area contributed by atoms with Crippen molar-refractivity contribution in [2.45, 2.75) is 19.9 Å². The summed E-state index contributed by atoms with van der Waals surface area (Å²) in [6, 6.07) is 4.51. The van der Waals surface area contributed by atoms with Crippen molar-refractivity contribution in [2.24, 2.45) is 0 Å². The molecule has 0 aromatic heterocycles. The predicted molar refractivity (Wildman–Crippen MR) is 62.7 cm³/mol. The number of terminal acetylenes is 1. The van der Waals surface area contributed by atoms with Gasteiger partial charge in [0.15, 0.2) is 0 Å². The molecule has 1 N–H and O–H groups in total. The van der Waals surface area contributed by atoms with E-state index in [0.717, 1.165) is 12.1 Å². The van der Waals surface area contributed by atoms with Gasteiger partial charge in [-0.2, -0.15) is 0 Å². The second-order valence-electron chi connectivity index (χ2n) is 3.33. The molecule has 0 heterocycles. The lowest BCUT2D eigenvalue weighted by atomic mass is 10.2. The summed E-state index contributed by atoms with van der Waals surface area (Å²) in [7, 11) is 0. The maximum Gasteiger partial charge on any atom is 0.124 e. The summed E-state index contributed by atoms with van der Waals surface area (Å²) in [5.41, 5.74) is 0.818. The molecule has 0 unspecified atom stereocenters. The van der Waals surface area contributed by atoms with Crippen molar-refractivity contribution in [3.8, 4) is 18.1 Å². The molecule has 0 bridgehead atoms. The summed E-state index contributed by atoms with van der Waals surface area (Å²) >= 11 is 0. The van der Waals surface area contributed by atoms with Crippen molar-refractivity contribution in [3.63, 3.8) is 0 Å². The molecule has 0 atom stereocenters. The fourth-order valence-electron chi connectivity index (χ4n) is 1.31. The van der Waals surface area contributed by atoms with Gasteiger partial charge < -0.3 is 10.1 Å². The van der Waals surface area contributed by atoms with E-state index in [1.165, 1.54) is 12.1 Å². The van der Waals surface area contributed by atoms with E-state index >= 15 is 0 Å². The molecule has 0 saturated heterocycles. The Morgan fingerprint density at radius 3 is 3.00 bits per heavy atom. The third-order valence-electron chi connectivity index (χ3n) is 2.09. The van der Waals surface area contributed by atoms with Crippen molar-refractivity contribution < 1.29 is 9.13 Å². The fraction of sp³-hybridized carbons (Fsp3) is 0.385. The van der Waals surface area contributed by atoms with Gasteiger partial charge in [0.2, 0.25) is 0 Å². The van der Waals surface area contributed by atoms with Crippen LogP contribution in [-0.2, 0) is 6.54 Å². The van der Waals surface area contributed by atoms with Crippen LogP contribution < -0.4 is 10.1 Å².